The van der Waals surface area contributed by atoms with Crippen LogP contribution in [0.2, 0.25) is 5.28 Å². The molecule has 16 heteroatoms. The maximum atomic E-state index is 10.2. The van der Waals surface area contributed by atoms with Crippen molar-refractivity contribution in [2.24, 2.45) is 0 Å². The van der Waals surface area contributed by atoms with Gasteiger partial charge in [0.15, 0.2) is 29.1 Å². The van der Waals surface area contributed by atoms with Crippen LogP contribution in [0.5, 0.6) is 0 Å². The average Bonchev–Trinajstić information content (AvgIpc) is 1.53. The minimum atomic E-state index is -0.746. The van der Waals surface area contributed by atoms with Crippen LogP contribution in [0.3, 0.4) is 0 Å². The minimum Gasteiger partial charge on any atom is -0.399 e. The fourth-order valence-corrected chi connectivity index (χ4v) is 17.5. The van der Waals surface area contributed by atoms with Gasteiger partial charge in [-0.3, -0.25) is 0 Å². The smallest absolute Gasteiger partial charge is 0.399 e. The van der Waals surface area contributed by atoms with Gasteiger partial charge in [-0.25, -0.2) is 19.9 Å². The summed E-state index contributed by atoms with van der Waals surface area (Å²) in [5, 5.41) is 46.3. The summed E-state index contributed by atoms with van der Waals surface area (Å²) < 4.78 is 14.8. The Balaban J connectivity index is 0.000000132. The lowest BCUT2D eigenvalue weighted by atomic mass is 9.66. The van der Waals surface area contributed by atoms with E-state index >= 15 is 0 Å². The van der Waals surface area contributed by atoms with E-state index in [1.807, 2.05) is 175 Å². The second kappa shape index (κ2) is 28.5. The number of hydrogen-bond acceptors (Lipinski definition) is 14. The highest BCUT2D eigenvalue weighted by molar-refractivity contribution is 7.17. The van der Waals surface area contributed by atoms with Gasteiger partial charge in [-0.2, -0.15) is 31.0 Å². The highest BCUT2D eigenvalue weighted by Crippen LogP contribution is 2.61. The molecule has 12 nitrogen and oxygen atoms in total. The molecule has 1 fully saturated rings. The third kappa shape index (κ3) is 12.0. The summed E-state index contributed by atoms with van der Waals surface area (Å²) in [6, 6.07) is 107. The van der Waals surface area contributed by atoms with Gasteiger partial charge in [-0.1, -0.05) is 255 Å². The third-order valence-electron chi connectivity index (χ3n) is 21.4. The molecule has 3 aliphatic rings. The van der Waals surface area contributed by atoms with Crippen molar-refractivity contribution in [2.45, 2.75) is 49.7 Å². The van der Waals surface area contributed by atoms with E-state index < -0.39 is 29.2 Å². The van der Waals surface area contributed by atoms with Crippen LogP contribution in [0.25, 0.3) is 99.4 Å². The number of hydrogen-bond donors (Lipinski definition) is 0. The van der Waals surface area contributed by atoms with Crippen LogP contribution in [0, 0.1) is 45.3 Å². The molecule has 4 aromatic heterocycles. The summed E-state index contributed by atoms with van der Waals surface area (Å²) in [4.78, 5) is 27.6. The maximum Gasteiger partial charge on any atom is 0.494 e. The van der Waals surface area contributed by atoms with E-state index in [1.165, 1.54) is 0 Å². The van der Waals surface area contributed by atoms with Gasteiger partial charge in [-0.15, -0.1) is 22.7 Å². The number of nitriles is 4. The second-order valence-corrected chi connectivity index (χ2v) is 30.2. The monoisotopic (exact) mass is 1470 g/mol. The third-order valence-corrected chi connectivity index (χ3v) is 23.5. The first-order chi connectivity index (χ1) is 53.7. The first kappa shape index (κ1) is 69.8. The zero-order valence-electron chi connectivity index (χ0n) is 59.9. The topological polar surface area (TPSA) is 191 Å². The number of rotatable bonds is 10. The summed E-state index contributed by atoms with van der Waals surface area (Å²) >= 11 is 9.16. The van der Waals surface area contributed by atoms with E-state index in [-0.39, 0.29) is 5.28 Å². The van der Waals surface area contributed by atoms with E-state index in [0.29, 0.717) is 51.4 Å². The molecule has 19 rings (SSSR count). The zero-order valence-corrected chi connectivity index (χ0v) is 62.3. The summed E-state index contributed by atoms with van der Waals surface area (Å²) in [5.74, 6) is 2.96. The number of thiophene rings is 2. The van der Waals surface area contributed by atoms with E-state index in [9.17, 15) is 21.0 Å². The number of aromatic nitrogens is 6. The molecular formula is C94H62BClN10O2S2. The van der Waals surface area contributed by atoms with Gasteiger partial charge in [0.25, 0.3) is 0 Å². The van der Waals surface area contributed by atoms with Gasteiger partial charge in [0.2, 0.25) is 5.28 Å². The molecule has 12 aromatic carbocycles. The Hall–Kier alpha value is -13.2. The van der Waals surface area contributed by atoms with Crippen molar-refractivity contribution in [1.82, 2.24) is 29.9 Å². The molecule has 2 aliphatic carbocycles. The summed E-state index contributed by atoms with van der Waals surface area (Å²) in [7, 11) is -0.460. The van der Waals surface area contributed by atoms with E-state index in [0.717, 1.165) is 120 Å². The van der Waals surface area contributed by atoms with Crippen molar-refractivity contribution in [3.05, 3.63) is 374 Å². The maximum absolute atomic E-state index is 10.2. The molecule has 0 bridgehead atoms. The lowest BCUT2D eigenvalue weighted by Crippen LogP contribution is -2.41. The highest BCUT2D eigenvalue weighted by atomic mass is 35.5. The molecular weight excluding hydrogens is 1410 g/mol. The normalized spacial score (nSPS) is 15.8. The molecule has 2 unspecified atom stereocenters. The van der Waals surface area contributed by atoms with Crippen molar-refractivity contribution in [3.8, 4) is 103 Å². The minimum absolute atomic E-state index is 0.202. The lowest BCUT2D eigenvalue weighted by molar-refractivity contribution is 0.00578. The molecule has 522 valence electrons. The Kier molecular flexibility index (Phi) is 18.1. The predicted molar refractivity (Wildman–Crippen MR) is 438 cm³/mol. The molecule has 0 radical (unpaired) electrons. The number of halogens is 1. The lowest BCUT2D eigenvalue weighted by Gasteiger charge is -2.34. The van der Waals surface area contributed by atoms with Crippen molar-refractivity contribution in [3.63, 3.8) is 0 Å². The Morgan fingerprint density at radius 3 is 1.00 bits per heavy atom. The zero-order chi connectivity index (χ0) is 75.3. The van der Waals surface area contributed by atoms with Crippen LogP contribution in [-0.4, -0.2) is 48.2 Å². The first-order valence-electron chi connectivity index (χ1n) is 35.8. The summed E-state index contributed by atoms with van der Waals surface area (Å²) in [6.45, 7) is 8.24. The predicted octanol–water partition coefficient (Wildman–Crippen LogP) is 21.4. The van der Waals surface area contributed by atoms with Crippen molar-refractivity contribution < 1.29 is 9.31 Å². The van der Waals surface area contributed by atoms with Crippen molar-refractivity contribution >= 4 is 67.0 Å². The number of nitrogens with zero attached hydrogens (tertiary/aromatic N) is 10. The Bertz CT molecular complexity index is 6290. The van der Waals surface area contributed by atoms with Crippen LogP contribution in [0.4, 0.5) is 0 Å². The molecule has 0 N–H and O–H groups in total. The molecule has 2 atom stereocenters. The largest absolute Gasteiger partial charge is 0.494 e. The summed E-state index contributed by atoms with van der Waals surface area (Å²) in [6.07, 6.45) is 0. The average molecular weight is 1470 g/mol. The van der Waals surface area contributed by atoms with E-state index in [2.05, 4.69) is 194 Å². The van der Waals surface area contributed by atoms with Gasteiger partial charge in [0.1, 0.15) is 12.1 Å². The van der Waals surface area contributed by atoms with E-state index in [4.69, 9.17) is 35.9 Å². The SMILES string of the molecule is CC1(C)OB(c2ccc(C3(c4ccccc4)c4cc(C#N)ccc4-c4c3ccc3scc(C#N)c43)cc2)OC1(C)C.Clc1nc(-c2ccccc2)nc(-c2ccccc2)n1.N#Cc1ccc2c(c1)C(c1ccccc1)(c1ccc(-c3nc(-c4ccccc4)nc(-c4ccccc4)n3)cc1)c1ccc3scc(C#N)c3c1-2. The molecule has 110 heavy (non-hydrogen) atoms. The number of fused-ring (bicyclic) bond motifs is 10. The molecule has 0 spiro atoms. The standard InChI is InChI=1S/C44H25N5S.C35H27BN2O2S.C15H10ClN3/c45-25-28-16-21-35-37(24-28)44(33-14-8-3-9-15-33,36-22-23-38-39(40(35)36)32(26-46)27-50-38)34-19-17-31(18-20-34)43-48-41(29-10-4-1-5-11-29)47-42(49-43)30-12-6-2-7-13-30;1-33(2)34(3,4)40-36(39-33)26-13-11-25(12-14-26)35(24-8-6-5-7-9-24)28-16-17-30-31(23(20-38)21-41-30)32(28)27-15-10-22(19-37)18-29(27)35;16-15-18-13(11-7-3-1-4-8-11)17-14(19-15)12-9-5-2-6-10-12/h1-24,27H;5-18,21H,1-4H3;1-10H. The fourth-order valence-electron chi connectivity index (χ4n) is 15.6. The molecule has 1 saturated heterocycles. The van der Waals surface area contributed by atoms with Crippen molar-refractivity contribution in [1.29, 1.82) is 21.0 Å². The van der Waals surface area contributed by atoms with Crippen LogP contribution in [-0.2, 0) is 20.1 Å². The number of benzene rings is 12. The van der Waals surface area contributed by atoms with Crippen LogP contribution < -0.4 is 5.46 Å². The highest BCUT2D eigenvalue weighted by Gasteiger charge is 2.53. The van der Waals surface area contributed by atoms with Gasteiger partial charge >= 0.3 is 7.12 Å². The van der Waals surface area contributed by atoms with Crippen LogP contribution in [0.15, 0.2) is 302 Å². The van der Waals surface area contributed by atoms with Crippen LogP contribution >= 0.6 is 34.3 Å². The molecule has 0 amide bonds. The Morgan fingerprint density at radius 1 is 0.336 bits per heavy atom. The Labute approximate surface area is 650 Å². The van der Waals surface area contributed by atoms with E-state index in [1.54, 1.807) is 22.7 Å². The quantitative estimate of drug-likeness (QED) is 0.118. The fraction of sp³-hybridized carbons (Fsp3) is 0.0851. The molecule has 16 aromatic rings. The first-order valence-corrected chi connectivity index (χ1v) is 37.9. The van der Waals surface area contributed by atoms with Gasteiger partial charge in [0, 0.05) is 58.7 Å². The molecule has 0 saturated carbocycles. The van der Waals surface area contributed by atoms with Gasteiger partial charge in [0.05, 0.1) is 56.4 Å². The van der Waals surface area contributed by atoms with Gasteiger partial charge in [-0.05, 0) is 148 Å². The summed E-state index contributed by atoms with van der Waals surface area (Å²) in [5.41, 5.74) is 18.5. The van der Waals surface area contributed by atoms with Gasteiger partial charge < -0.3 is 9.31 Å². The van der Waals surface area contributed by atoms with Crippen molar-refractivity contribution in [2.75, 3.05) is 0 Å². The molecule has 5 heterocycles. The van der Waals surface area contributed by atoms with Crippen LogP contribution in [0.1, 0.15) is 94.5 Å². The second-order valence-electron chi connectivity index (χ2n) is 28.0. The molecule has 1 aliphatic heterocycles. The Morgan fingerprint density at radius 2 is 0.655 bits per heavy atom.